The van der Waals surface area contributed by atoms with Crippen LogP contribution in [0.5, 0.6) is 0 Å². The van der Waals surface area contributed by atoms with Crippen LogP contribution in [0.4, 0.5) is 0 Å². The summed E-state index contributed by atoms with van der Waals surface area (Å²) in [7, 11) is 0. The largest absolute Gasteiger partial charge is 0.369 e. The fraction of sp³-hybridized carbons (Fsp3) is 0.0833. The Morgan fingerprint density at radius 2 is 1.94 bits per heavy atom. The zero-order chi connectivity index (χ0) is 11.4. The summed E-state index contributed by atoms with van der Waals surface area (Å²) in [6.45, 7) is 0. The van der Waals surface area contributed by atoms with E-state index in [1.54, 1.807) is 18.6 Å². The average molecular weight is 213 g/mol. The lowest BCUT2D eigenvalue weighted by atomic mass is 10.1. The van der Waals surface area contributed by atoms with Crippen LogP contribution in [0, 0.1) is 0 Å². The summed E-state index contributed by atoms with van der Waals surface area (Å²) in [5.74, 6) is -0.349. The molecule has 0 radical (unpaired) electrons. The molecule has 2 N–H and O–H groups in total. The van der Waals surface area contributed by atoms with E-state index in [-0.39, 0.29) is 12.3 Å². The number of nitrogens with zero attached hydrogens (tertiary/aromatic N) is 2. The molecular weight excluding hydrogens is 202 g/mol. The number of pyridine rings is 2. The molecule has 4 heteroatoms. The van der Waals surface area contributed by atoms with Gasteiger partial charge in [0.05, 0.1) is 12.1 Å². The Balaban J connectivity index is 2.23. The third-order valence-corrected chi connectivity index (χ3v) is 2.18. The first kappa shape index (κ1) is 10.3. The molecule has 0 saturated heterocycles. The van der Waals surface area contributed by atoms with Crippen LogP contribution < -0.4 is 5.73 Å². The summed E-state index contributed by atoms with van der Waals surface area (Å²) >= 11 is 0. The maximum absolute atomic E-state index is 10.7. The van der Waals surface area contributed by atoms with E-state index in [1.165, 1.54) is 0 Å². The highest BCUT2D eigenvalue weighted by molar-refractivity contribution is 5.76. The van der Waals surface area contributed by atoms with Gasteiger partial charge >= 0.3 is 0 Å². The van der Waals surface area contributed by atoms with Crippen LogP contribution in [-0.2, 0) is 11.2 Å². The Kier molecular flexibility index (Phi) is 2.91. The van der Waals surface area contributed by atoms with Gasteiger partial charge in [0.1, 0.15) is 0 Å². The van der Waals surface area contributed by atoms with Crippen molar-refractivity contribution in [2.75, 3.05) is 0 Å². The number of carbonyl (C=O) groups is 1. The molecule has 2 rings (SSSR count). The van der Waals surface area contributed by atoms with Crippen LogP contribution in [0.1, 0.15) is 5.56 Å². The van der Waals surface area contributed by atoms with Crippen LogP contribution in [0.25, 0.3) is 11.3 Å². The molecule has 80 valence electrons. The maximum Gasteiger partial charge on any atom is 0.221 e. The molecular formula is C12H11N3O. The van der Waals surface area contributed by atoms with Crippen molar-refractivity contribution < 1.29 is 4.79 Å². The fourth-order valence-corrected chi connectivity index (χ4v) is 1.42. The molecule has 4 nitrogen and oxygen atoms in total. The zero-order valence-corrected chi connectivity index (χ0v) is 8.63. The minimum atomic E-state index is -0.349. The predicted octanol–water partition coefficient (Wildman–Crippen LogP) is 1.17. The Morgan fingerprint density at radius 3 is 2.50 bits per heavy atom. The first-order valence-corrected chi connectivity index (χ1v) is 4.89. The number of aromatic nitrogens is 2. The van der Waals surface area contributed by atoms with Gasteiger partial charge in [-0.05, 0) is 23.8 Å². The van der Waals surface area contributed by atoms with E-state index >= 15 is 0 Å². The number of amides is 1. The molecule has 0 unspecified atom stereocenters. The third-order valence-electron chi connectivity index (χ3n) is 2.18. The van der Waals surface area contributed by atoms with Crippen LogP contribution in [-0.4, -0.2) is 15.9 Å². The van der Waals surface area contributed by atoms with Gasteiger partial charge < -0.3 is 5.73 Å². The minimum Gasteiger partial charge on any atom is -0.369 e. The molecule has 0 saturated carbocycles. The van der Waals surface area contributed by atoms with Crippen molar-refractivity contribution in [1.29, 1.82) is 0 Å². The Morgan fingerprint density at radius 1 is 1.19 bits per heavy atom. The number of primary amides is 1. The smallest absolute Gasteiger partial charge is 0.221 e. The lowest BCUT2D eigenvalue weighted by Crippen LogP contribution is -2.13. The molecule has 0 fully saturated rings. The van der Waals surface area contributed by atoms with Gasteiger partial charge in [-0.25, -0.2) is 0 Å². The van der Waals surface area contributed by atoms with Crippen LogP contribution in [0.2, 0.25) is 0 Å². The summed E-state index contributed by atoms with van der Waals surface area (Å²) in [5, 5.41) is 0. The van der Waals surface area contributed by atoms with Gasteiger partial charge in [0.25, 0.3) is 0 Å². The molecule has 0 aliphatic heterocycles. The molecule has 1 amide bonds. The molecule has 0 aromatic carbocycles. The van der Waals surface area contributed by atoms with Crippen molar-refractivity contribution in [1.82, 2.24) is 9.97 Å². The second kappa shape index (κ2) is 4.53. The van der Waals surface area contributed by atoms with Gasteiger partial charge in [0.2, 0.25) is 5.91 Å². The molecule has 0 atom stereocenters. The molecule has 2 aromatic heterocycles. The number of carbonyl (C=O) groups excluding carboxylic acids is 1. The molecule has 0 bridgehead atoms. The number of hydrogen-bond donors (Lipinski definition) is 1. The summed E-state index contributed by atoms with van der Waals surface area (Å²) in [5.41, 5.74) is 7.78. The first-order valence-electron chi connectivity index (χ1n) is 4.89. The van der Waals surface area contributed by atoms with Crippen LogP contribution in [0.15, 0.2) is 42.9 Å². The van der Waals surface area contributed by atoms with Crippen LogP contribution >= 0.6 is 0 Å². The van der Waals surface area contributed by atoms with E-state index in [0.717, 1.165) is 16.8 Å². The zero-order valence-electron chi connectivity index (χ0n) is 8.63. The van der Waals surface area contributed by atoms with Gasteiger partial charge in [-0.1, -0.05) is 6.07 Å². The lowest BCUT2D eigenvalue weighted by molar-refractivity contribution is -0.117. The van der Waals surface area contributed by atoms with Crippen molar-refractivity contribution in [3.05, 3.63) is 48.4 Å². The summed E-state index contributed by atoms with van der Waals surface area (Å²) in [6.07, 6.45) is 5.33. The second-order valence-electron chi connectivity index (χ2n) is 3.43. The molecule has 16 heavy (non-hydrogen) atoms. The maximum atomic E-state index is 10.7. The number of hydrogen-bond acceptors (Lipinski definition) is 3. The molecule has 0 aliphatic carbocycles. The minimum absolute atomic E-state index is 0.226. The van der Waals surface area contributed by atoms with Crippen molar-refractivity contribution in [2.24, 2.45) is 5.73 Å². The van der Waals surface area contributed by atoms with Gasteiger partial charge in [-0.2, -0.15) is 0 Å². The van der Waals surface area contributed by atoms with E-state index in [4.69, 9.17) is 5.73 Å². The van der Waals surface area contributed by atoms with Gasteiger partial charge in [0, 0.05) is 24.2 Å². The highest BCUT2D eigenvalue weighted by Gasteiger charge is 2.01. The highest BCUT2D eigenvalue weighted by Crippen LogP contribution is 2.15. The van der Waals surface area contributed by atoms with E-state index < -0.39 is 0 Å². The van der Waals surface area contributed by atoms with Crippen molar-refractivity contribution in [2.45, 2.75) is 6.42 Å². The normalized spacial score (nSPS) is 10.0. The van der Waals surface area contributed by atoms with Crippen molar-refractivity contribution >= 4 is 5.91 Å². The lowest BCUT2D eigenvalue weighted by Gasteiger charge is -2.01. The number of rotatable bonds is 3. The fourth-order valence-electron chi connectivity index (χ4n) is 1.42. The van der Waals surface area contributed by atoms with Crippen molar-refractivity contribution in [3.63, 3.8) is 0 Å². The Bertz CT molecular complexity index is 479. The summed E-state index contributed by atoms with van der Waals surface area (Å²) < 4.78 is 0. The Hall–Kier alpha value is -2.23. The monoisotopic (exact) mass is 213 g/mol. The van der Waals surface area contributed by atoms with Crippen molar-refractivity contribution in [3.8, 4) is 11.3 Å². The summed E-state index contributed by atoms with van der Waals surface area (Å²) in [4.78, 5) is 18.9. The third kappa shape index (κ3) is 2.42. The van der Waals surface area contributed by atoms with Gasteiger partial charge in [-0.15, -0.1) is 0 Å². The van der Waals surface area contributed by atoms with E-state index in [0.29, 0.717) is 0 Å². The van der Waals surface area contributed by atoms with E-state index in [1.807, 2.05) is 24.3 Å². The topological polar surface area (TPSA) is 68.9 Å². The standard InChI is InChI=1S/C12H11N3O/c13-12(16)7-9-1-2-11(15-8-9)10-3-5-14-6-4-10/h1-6,8H,7H2,(H2,13,16). The quantitative estimate of drug-likeness (QED) is 0.832. The molecule has 2 aromatic rings. The summed E-state index contributed by atoms with van der Waals surface area (Å²) in [6, 6.07) is 7.49. The molecule has 0 aliphatic rings. The van der Waals surface area contributed by atoms with E-state index in [2.05, 4.69) is 9.97 Å². The second-order valence-corrected chi connectivity index (χ2v) is 3.43. The highest BCUT2D eigenvalue weighted by atomic mass is 16.1. The predicted molar refractivity (Wildman–Crippen MR) is 60.4 cm³/mol. The molecule has 0 spiro atoms. The SMILES string of the molecule is NC(=O)Cc1ccc(-c2ccncc2)nc1. The first-order chi connectivity index (χ1) is 7.75. The Labute approximate surface area is 93.2 Å². The molecule has 2 heterocycles. The number of nitrogens with two attached hydrogens (primary N) is 1. The van der Waals surface area contributed by atoms with Crippen LogP contribution in [0.3, 0.4) is 0 Å². The van der Waals surface area contributed by atoms with E-state index in [9.17, 15) is 4.79 Å². The van der Waals surface area contributed by atoms with Gasteiger partial charge in [-0.3, -0.25) is 14.8 Å². The average Bonchev–Trinajstić information content (AvgIpc) is 2.30. The van der Waals surface area contributed by atoms with Gasteiger partial charge in [0.15, 0.2) is 0 Å².